The van der Waals surface area contributed by atoms with Gasteiger partial charge in [-0.05, 0) is 24.1 Å². The zero-order valence-corrected chi connectivity index (χ0v) is 7.86. The third kappa shape index (κ3) is 1.17. The smallest absolute Gasteiger partial charge is 0.169 e. The molecule has 1 aromatic rings. The molecule has 0 aliphatic heterocycles. The highest BCUT2D eigenvalue weighted by Gasteiger charge is 2.31. The SMILES string of the molecule is CC1Cc2c(Cl)ccc(F)c2C1=O. The Bertz CT molecular complexity index is 387. The normalized spacial score (nSPS) is 20.5. The lowest BCUT2D eigenvalue weighted by atomic mass is 10.1. The van der Waals surface area contributed by atoms with E-state index in [2.05, 4.69) is 0 Å². The number of hydrogen-bond donors (Lipinski definition) is 0. The lowest BCUT2D eigenvalue weighted by molar-refractivity contribution is 0.0943. The summed E-state index contributed by atoms with van der Waals surface area (Å²) in [6.07, 6.45) is 0.560. The van der Waals surface area contributed by atoms with Crippen LogP contribution in [0, 0.1) is 11.7 Å². The Morgan fingerprint density at radius 2 is 2.23 bits per heavy atom. The topological polar surface area (TPSA) is 17.1 Å². The predicted octanol–water partition coefficient (Wildman–Crippen LogP) is 2.85. The van der Waals surface area contributed by atoms with Crippen LogP contribution in [0.3, 0.4) is 0 Å². The Morgan fingerprint density at radius 1 is 1.54 bits per heavy atom. The van der Waals surface area contributed by atoms with Crippen molar-refractivity contribution in [3.63, 3.8) is 0 Å². The van der Waals surface area contributed by atoms with E-state index in [0.717, 1.165) is 0 Å². The molecular weight excluding hydrogens is 191 g/mol. The molecule has 2 rings (SSSR count). The number of halogens is 2. The number of rotatable bonds is 0. The van der Waals surface area contributed by atoms with Gasteiger partial charge in [-0.15, -0.1) is 0 Å². The average Bonchev–Trinajstić information content (AvgIpc) is 2.38. The highest BCUT2D eigenvalue weighted by atomic mass is 35.5. The lowest BCUT2D eigenvalue weighted by Gasteiger charge is -2.00. The second-order valence-corrected chi connectivity index (χ2v) is 3.76. The standard InChI is InChI=1S/C10H8ClFO/c1-5-4-6-7(11)2-3-8(12)9(6)10(5)13/h2-3,5H,4H2,1H3. The van der Waals surface area contributed by atoms with Crippen molar-refractivity contribution in [2.24, 2.45) is 5.92 Å². The second kappa shape index (κ2) is 2.81. The molecule has 1 aromatic carbocycles. The summed E-state index contributed by atoms with van der Waals surface area (Å²) in [5.74, 6) is -0.715. The van der Waals surface area contributed by atoms with E-state index < -0.39 is 5.82 Å². The van der Waals surface area contributed by atoms with Crippen LogP contribution in [0.5, 0.6) is 0 Å². The average molecular weight is 199 g/mol. The van der Waals surface area contributed by atoms with Crippen LogP contribution in [0.1, 0.15) is 22.8 Å². The highest BCUT2D eigenvalue weighted by Crippen LogP contribution is 2.33. The van der Waals surface area contributed by atoms with Crippen LogP contribution in [0.25, 0.3) is 0 Å². The van der Waals surface area contributed by atoms with Crippen molar-refractivity contribution in [3.05, 3.63) is 34.1 Å². The molecule has 0 saturated heterocycles. The molecule has 1 aliphatic carbocycles. The summed E-state index contributed by atoms with van der Waals surface area (Å²) in [5, 5.41) is 0.495. The van der Waals surface area contributed by atoms with Crippen molar-refractivity contribution in [2.75, 3.05) is 0 Å². The molecular formula is C10H8ClFO. The Hall–Kier alpha value is -0.890. The quantitative estimate of drug-likeness (QED) is 0.627. The van der Waals surface area contributed by atoms with Crippen LogP contribution in [0.2, 0.25) is 5.02 Å². The largest absolute Gasteiger partial charge is 0.294 e. The molecule has 0 bridgehead atoms. The molecule has 0 heterocycles. The first-order valence-electron chi connectivity index (χ1n) is 4.12. The van der Waals surface area contributed by atoms with Gasteiger partial charge in [-0.3, -0.25) is 4.79 Å². The first kappa shape index (κ1) is 8.70. The Labute approximate surface area is 80.5 Å². The maximum absolute atomic E-state index is 13.2. The minimum atomic E-state index is -0.450. The van der Waals surface area contributed by atoms with Gasteiger partial charge in [0.1, 0.15) is 5.82 Å². The van der Waals surface area contributed by atoms with E-state index >= 15 is 0 Å². The van der Waals surface area contributed by atoms with Crippen LogP contribution < -0.4 is 0 Å². The van der Waals surface area contributed by atoms with E-state index in [1.807, 2.05) is 0 Å². The number of carbonyl (C=O) groups is 1. The van der Waals surface area contributed by atoms with Gasteiger partial charge in [0.15, 0.2) is 5.78 Å². The molecule has 0 radical (unpaired) electrons. The van der Waals surface area contributed by atoms with Crippen LogP contribution in [0.15, 0.2) is 12.1 Å². The number of Topliss-reactive ketones (excluding diaryl/α,β-unsaturated/α-hetero) is 1. The first-order valence-corrected chi connectivity index (χ1v) is 4.50. The van der Waals surface area contributed by atoms with Crippen molar-refractivity contribution in [1.82, 2.24) is 0 Å². The second-order valence-electron chi connectivity index (χ2n) is 3.35. The number of ketones is 1. The highest BCUT2D eigenvalue weighted by molar-refractivity contribution is 6.32. The molecule has 0 amide bonds. The summed E-state index contributed by atoms with van der Waals surface area (Å²) >= 11 is 5.85. The molecule has 68 valence electrons. The summed E-state index contributed by atoms with van der Waals surface area (Å²) < 4.78 is 13.2. The van der Waals surface area contributed by atoms with Gasteiger partial charge < -0.3 is 0 Å². The Morgan fingerprint density at radius 3 is 2.85 bits per heavy atom. The zero-order valence-electron chi connectivity index (χ0n) is 7.10. The van der Waals surface area contributed by atoms with Gasteiger partial charge in [0.05, 0.1) is 5.56 Å². The van der Waals surface area contributed by atoms with Crippen LogP contribution >= 0.6 is 11.6 Å². The van der Waals surface area contributed by atoms with E-state index in [4.69, 9.17) is 11.6 Å². The van der Waals surface area contributed by atoms with E-state index in [9.17, 15) is 9.18 Å². The van der Waals surface area contributed by atoms with E-state index in [-0.39, 0.29) is 17.3 Å². The lowest BCUT2D eigenvalue weighted by Crippen LogP contribution is -2.04. The third-order valence-corrected chi connectivity index (χ3v) is 2.76. The summed E-state index contributed by atoms with van der Waals surface area (Å²) in [5.41, 5.74) is 0.860. The molecule has 0 spiro atoms. The number of fused-ring (bicyclic) bond motifs is 1. The van der Waals surface area contributed by atoms with Crippen molar-refractivity contribution in [3.8, 4) is 0 Å². The fraction of sp³-hybridized carbons (Fsp3) is 0.300. The van der Waals surface area contributed by atoms with E-state index in [1.165, 1.54) is 12.1 Å². The van der Waals surface area contributed by atoms with Gasteiger partial charge in [-0.25, -0.2) is 4.39 Å². The van der Waals surface area contributed by atoms with Crippen molar-refractivity contribution < 1.29 is 9.18 Å². The van der Waals surface area contributed by atoms with Gasteiger partial charge in [0.25, 0.3) is 0 Å². The molecule has 0 aromatic heterocycles. The fourth-order valence-electron chi connectivity index (χ4n) is 1.71. The number of benzene rings is 1. The predicted molar refractivity (Wildman–Crippen MR) is 48.6 cm³/mol. The minimum absolute atomic E-state index is 0.130. The molecule has 3 heteroatoms. The Balaban J connectivity index is 2.68. The van der Waals surface area contributed by atoms with Crippen LogP contribution in [0.4, 0.5) is 4.39 Å². The van der Waals surface area contributed by atoms with Gasteiger partial charge in [-0.1, -0.05) is 18.5 Å². The van der Waals surface area contributed by atoms with Crippen molar-refractivity contribution in [2.45, 2.75) is 13.3 Å². The van der Waals surface area contributed by atoms with Crippen molar-refractivity contribution >= 4 is 17.4 Å². The van der Waals surface area contributed by atoms with Crippen molar-refractivity contribution in [1.29, 1.82) is 0 Å². The summed E-state index contributed by atoms with van der Waals surface area (Å²) in [6.45, 7) is 1.79. The molecule has 1 nitrogen and oxygen atoms in total. The molecule has 1 aliphatic rings. The molecule has 1 atom stereocenters. The van der Waals surface area contributed by atoms with E-state index in [1.54, 1.807) is 6.92 Å². The maximum atomic E-state index is 13.2. The zero-order chi connectivity index (χ0) is 9.59. The molecule has 0 N–H and O–H groups in total. The number of carbonyl (C=O) groups excluding carboxylic acids is 1. The minimum Gasteiger partial charge on any atom is -0.294 e. The fourth-order valence-corrected chi connectivity index (χ4v) is 1.94. The van der Waals surface area contributed by atoms with Crippen LogP contribution in [-0.2, 0) is 6.42 Å². The Kier molecular flexibility index (Phi) is 1.88. The summed E-state index contributed by atoms with van der Waals surface area (Å²) in [6, 6.07) is 2.75. The third-order valence-electron chi connectivity index (χ3n) is 2.41. The first-order chi connectivity index (χ1) is 6.11. The maximum Gasteiger partial charge on any atom is 0.169 e. The van der Waals surface area contributed by atoms with Gasteiger partial charge in [-0.2, -0.15) is 0 Å². The monoisotopic (exact) mass is 198 g/mol. The molecule has 0 fully saturated rings. The molecule has 0 saturated carbocycles. The summed E-state index contributed by atoms with van der Waals surface area (Å²) in [4.78, 5) is 11.5. The molecule has 1 unspecified atom stereocenters. The van der Waals surface area contributed by atoms with Gasteiger partial charge in [0.2, 0.25) is 0 Å². The van der Waals surface area contributed by atoms with Crippen LogP contribution in [-0.4, -0.2) is 5.78 Å². The molecule has 13 heavy (non-hydrogen) atoms. The summed E-state index contributed by atoms with van der Waals surface area (Å²) in [7, 11) is 0. The van der Waals surface area contributed by atoms with Gasteiger partial charge >= 0.3 is 0 Å². The van der Waals surface area contributed by atoms with Gasteiger partial charge in [0, 0.05) is 10.9 Å². The van der Waals surface area contributed by atoms with E-state index in [0.29, 0.717) is 17.0 Å². The number of hydrogen-bond acceptors (Lipinski definition) is 1.